The van der Waals surface area contributed by atoms with Crippen molar-refractivity contribution >= 4 is 39.1 Å². The minimum absolute atomic E-state index is 0.0201. The van der Waals surface area contributed by atoms with Crippen LogP contribution in [0.2, 0.25) is 5.02 Å². The lowest BCUT2D eigenvalue weighted by atomic mass is 9.86. The summed E-state index contributed by atoms with van der Waals surface area (Å²) in [4.78, 5) is 37.6. The standard InChI is InChI=1S/C34H38ClN5O5S/c1-20-15-25(31-30(37-20)27(18-46-31)33(42)43)24-16-22(35)3-6-29(24)44-14-12-40-21(2)38-28-5-4-23(17-26(28)32(40)41)39-10-7-34(8-11-39)19-36-9-13-45-34/h3,6,15-16,18,23,36H,4-5,7-14,17,19H2,1-2H3,(H,42,43)/t23-/m1/s1. The van der Waals surface area contributed by atoms with Gasteiger partial charge < -0.3 is 19.9 Å². The Morgan fingerprint density at radius 3 is 2.80 bits per heavy atom. The minimum Gasteiger partial charge on any atom is -0.491 e. The van der Waals surface area contributed by atoms with Gasteiger partial charge in [0.1, 0.15) is 18.2 Å². The number of aromatic carboxylic acids is 1. The molecule has 2 aliphatic heterocycles. The van der Waals surface area contributed by atoms with Crippen molar-refractivity contribution in [3.05, 3.63) is 73.4 Å². The number of pyridine rings is 1. The zero-order valence-electron chi connectivity index (χ0n) is 26.1. The van der Waals surface area contributed by atoms with Crippen molar-refractivity contribution in [1.82, 2.24) is 24.8 Å². The molecule has 3 aliphatic rings. The van der Waals surface area contributed by atoms with E-state index in [4.69, 9.17) is 26.1 Å². The fourth-order valence-corrected chi connectivity index (χ4v) is 8.47. The first kappa shape index (κ1) is 31.3. The molecule has 46 heavy (non-hydrogen) atoms. The largest absolute Gasteiger partial charge is 0.491 e. The molecule has 2 fully saturated rings. The van der Waals surface area contributed by atoms with Crippen molar-refractivity contribution in [3.8, 4) is 16.9 Å². The summed E-state index contributed by atoms with van der Waals surface area (Å²) >= 11 is 7.76. The lowest BCUT2D eigenvalue weighted by molar-refractivity contribution is -0.104. The number of aromatic nitrogens is 3. The minimum atomic E-state index is -1.01. The molecule has 2 saturated heterocycles. The van der Waals surface area contributed by atoms with Gasteiger partial charge in [0.2, 0.25) is 0 Å². The first-order valence-electron chi connectivity index (χ1n) is 15.9. The van der Waals surface area contributed by atoms with Crippen molar-refractivity contribution in [3.63, 3.8) is 0 Å². The summed E-state index contributed by atoms with van der Waals surface area (Å²) in [5.74, 6) is 0.271. The monoisotopic (exact) mass is 663 g/mol. The summed E-state index contributed by atoms with van der Waals surface area (Å²) in [6.07, 6.45) is 4.57. The summed E-state index contributed by atoms with van der Waals surface area (Å²) in [6.45, 7) is 8.92. The number of fused-ring (bicyclic) bond motifs is 2. The number of ether oxygens (including phenoxy) is 2. The number of nitrogens with zero attached hydrogens (tertiary/aromatic N) is 4. The molecular formula is C34H38ClN5O5S. The third-order valence-corrected chi connectivity index (χ3v) is 11.0. The first-order chi connectivity index (χ1) is 22.2. The molecule has 2 N–H and O–H groups in total. The van der Waals surface area contributed by atoms with Crippen molar-refractivity contribution in [2.75, 3.05) is 39.4 Å². The number of morpholine rings is 1. The van der Waals surface area contributed by atoms with Gasteiger partial charge in [0.05, 0.1) is 40.2 Å². The Hall–Kier alpha value is -3.35. The van der Waals surface area contributed by atoms with Crippen LogP contribution in [0.4, 0.5) is 0 Å². The molecule has 12 heteroatoms. The van der Waals surface area contributed by atoms with Crippen molar-refractivity contribution in [2.45, 2.75) is 64.1 Å². The van der Waals surface area contributed by atoms with Gasteiger partial charge >= 0.3 is 5.97 Å². The molecule has 1 aromatic carbocycles. The second kappa shape index (κ2) is 12.7. The molecule has 1 atom stereocenters. The lowest BCUT2D eigenvalue weighted by Gasteiger charge is -2.46. The molecule has 0 bridgehead atoms. The number of benzene rings is 1. The van der Waals surface area contributed by atoms with E-state index >= 15 is 0 Å². The maximum Gasteiger partial charge on any atom is 0.338 e. The lowest BCUT2D eigenvalue weighted by Crippen LogP contribution is -2.57. The Kier molecular flexibility index (Phi) is 8.62. The zero-order chi connectivity index (χ0) is 32.0. The van der Waals surface area contributed by atoms with Crippen LogP contribution in [0.5, 0.6) is 5.75 Å². The number of likely N-dealkylation sites (tertiary alicyclic amines) is 1. The Morgan fingerprint density at radius 1 is 1.22 bits per heavy atom. The molecule has 3 aromatic heterocycles. The SMILES string of the molecule is Cc1cc(-c2cc(Cl)ccc2OCCn2c(C)nc3c(c2=O)C[C@H](N2CCC4(CC2)CNCCO4)CC3)c2scc(C(=O)O)c2n1. The van der Waals surface area contributed by atoms with Crippen molar-refractivity contribution < 1.29 is 19.4 Å². The van der Waals surface area contributed by atoms with E-state index in [1.165, 1.54) is 11.3 Å². The molecule has 4 aromatic rings. The topological polar surface area (TPSA) is 119 Å². The summed E-state index contributed by atoms with van der Waals surface area (Å²) < 4.78 is 15.0. The maximum atomic E-state index is 13.9. The van der Waals surface area contributed by atoms with E-state index in [-0.39, 0.29) is 23.3 Å². The zero-order valence-corrected chi connectivity index (χ0v) is 27.7. The third kappa shape index (κ3) is 5.95. The van der Waals surface area contributed by atoms with Gasteiger partial charge in [-0.15, -0.1) is 11.3 Å². The summed E-state index contributed by atoms with van der Waals surface area (Å²) in [5.41, 5.74) is 4.60. The molecular weight excluding hydrogens is 626 g/mol. The number of carbonyl (C=O) groups is 1. The molecule has 5 heterocycles. The van der Waals surface area contributed by atoms with Crippen LogP contribution in [0, 0.1) is 13.8 Å². The van der Waals surface area contributed by atoms with E-state index in [1.54, 1.807) is 16.0 Å². The Morgan fingerprint density at radius 2 is 2.04 bits per heavy atom. The van der Waals surface area contributed by atoms with Crippen LogP contribution < -0.4 is 15.6 Å². The van der Waals surface area contributed by atoms with Gasteiger partial charge in [-0.05, 0) is 70.2 Å². The summed E-state index contributed by atoms with van der Waals surface area (Å²) in [5, 5.41) is 15.3. The number of rotatable bonds is 7. The fourth-order valence-electron chi connectivity index (χ4n) is 7.28. The average molecular weight is 664 g/mol. The van der Waals surface area contributed by atoms with Gasteiger partial charge in [-0.3, -0.25) is 19.2 Å². The molecule has 1 spiro atoms. The number of carboxylic acid groups (broad SMARTS) is 1. The second-order valence-electron chi connectivity index (χ2n) is 12.6. The number of aryl methyl sites for hydroxylation is 3. The molecule has 0 radical (unpaired) electrons. The predicted octanol–water partition coefficient (Wildman–Crippen LogP) is 4.88. The molecule has 0 unspecified atom stereocenters. The Labute approximate surface area is 276 Å². The van der Waals surface area contributed by atoms with Gasteiger partial charge in [-0.25, -0.2) is 9.78 Å². The molecule has 1 aliphatic carbocycles. The number of thiophene rings is 1. The number of piperidine rings is 1. The molecule has 0 saturated carbocycles. The van der Waals surface area contributed by atoms with Crippen molar-refractivity contribution in [1.29, 1.82) is 0 Å². The number of hydrogen-bond acceptors (Lipinski definition) is 9. The van der Waals surface area contributed by atoms with Crippen LogP contribution in [-0.2, 0) is 24.1 Å². The van der Waals surface area contributed by atoms with E-state index in [0.717, 1.165) is 85.6 Å². The summed E-state index contributed by atoms with van der Waals surface area (Å²) in [7, 11) is 0. The Bertz CT molecular complexity index is 1860. The highest BCUT2D eigenvalue weighted by atomic mass is 35.5. The van der Waals surface area contributed by atoms with Gasteiger partial charge in [0.25, 0.3) is 5.56 Å². The normalized spacial score (nSPS) is 19.8. The highest BCUT2D eigenvalue weighted by Gasteiger charge is 2.39. The van der Waals surface area contributed by atoms with Crippen LogP contribution in [0.15, 0.2) is 34.4 Å². The van der Waals surface area contributed by atoms with Gasteiger partial charge in [0, 0.05) is 65.0 Å². The highest BCUT2D eigenvalue weighted by Crippen LogP contribution is 2.40. The fraction of sp³-hybridized carbons (Fsp3) is 0.471. The van der Waals surface area contributed by atoms with E-state index in [2.05, 4.69) is 15.2 Å². The van der Waals surface area contributed by atoms with Crippen LogP contribution in [-0.4, -0.2) is 81.5 Å². The maximum absolute atomic E-state index is 13.9. The summed E-state index contributed by atoms with van der Waals surface area (Å²) in [6, 6.07) is 7.65. The highest BCUT2D eigenvalue weighted by molar-refractivity contribution is 7.18. The molecule has 10 nitrogen and oxygen atoms in total. The quantitative estimate of drug-likeness (QED) is 0.285. The molecule has 242 valence electrons. The van der Waals surface area contributed by atoms with Crippen LogP contribution in [0.3, 0.4) is 0 Å². The van der Waals surface area contributed by atoms with E-state index in [0.29, 0.717) is 46.8 Å². The second-order valence-corrected chi connectivity index (χ2v) is 13.9. The first-order valence-corrected chi connectivity index (χ1v) is 17.2. The molecule has 7 rings (SSSR count). The van der Waals surface area contributed by atoms with E-state index in [1.807, 2.05) is 32.0 Å². The number of hydrogen-bond donors (Lipinski definition) is 2. The molecule has 0 amide bonds. The van der Waals surface area contributed by atoms with Crippen LogP contribution in [0.1, 0.15) is 52.4 Å². The van der Waals surface area contributed by atoms with E-state index < -0.39 is 5.97 Å². The van der Waals surface area contributed by atoms with Gasteiger partial charge in [-0.1, -0.05) is 11.6 Å². The van der Waals surface area contributed by atoms with E-state index in [9.17, 15) is 14.7 Å². The smallest absolute Gasteiger partial charge is 0.338 e. The number of nitrogens with one attached hydrogen (secondary N) is 1. The predicted molar refractivity (Wildman–Crippen MR) is 179 cm³/mol. The van der Waals surface area contributed by atoms with Gasteiger partial charge in [0.15, 0.2) is 0 Å². The number of carboxylic acids is 1. The van der Waals surface area contributed by atoms with Crippen molar-refractivity contribution in [2.24, 2.45) is 0 Å². The Balaban J connectivity index is 1.08. The van der Waals surface area contributed by atoms with Crippen LogP contribution >= 0.6 is 22.9 Å². The third-order valence-electron chi connectivity index (χ3n) is 9.74. The average Bonchev–Trinajstić information content (AvgIpc) is 3.48. The van der Waals surface area contributed by atoms with Gasteiger partial charge in [-0.2, -0.15) is 0 Å². The van der Waals surface area contributed by atoms with Crippen LogP contribution in [0.25, 0.3) is 21.3 Å². The number of halogens is 1.